The second-order valence-corrected chi connectivity index (χ2v) is 6.83. The predicted molar refractivity (Wildman–Crippen MR) is 81.9 cm³/mol. The van der Waals surface area contributed by atoms with Crippen molar-refractivity contribution in [2.24, 2.45) is 0 Å². The number of carbonyl (C=O) groups is 2. The van der Waals surface area contributed by atoms with Crippen LogP contribution in [0.1, 0.15) is 44.0 Å². The maximum atomic E-state index is 12.4. The van der Waals surface area contributed by atoms with Gasteiger partial charge in [0, 0.05) is 24.9 Å². The molecule has 5 nitrogen and oxygen atoms in total. The topological polar surface area (TPSA) is 69.6 Å². The average Bonchev–Trinajstić information content (AvgIpc) is 2.90. The van der Waals surface area contributed by atoms with Crippen LogP contribution in [0.25, 0.3) is 0 Å². The van der Waals surface area contributed by atoms with Gasteiger partial charge < -0.3 is 15.3 Å². The molecular formula is C15H22N2O3S. The van der Waals surface area contributed by atoms with Gasteiger partial charge in [-0.3, -0.25) is 9.59 Å². The highest BCUT2D eigenvalue weighted by Gasteiger charge is 2.30. The number of hydrogen-bond acceptors (Lipinski definition) is 4. The molecule has 0 aliphatic carbocycles. The first-order chi connectivity index (χ1) is 9.87. The number of aliphatic hydroxyl groups is 1. The summed E-state index contributed by atoms with van der Waals surface area (Å²) >= 11 is 1.54. The molecule has 0 bridgehead atoms. The Labute approximate surface area is 129 Å². The summed E-state index contributed by atoms with van der Waals surface area (Å²) in [6.45, 7) is 4.41. The molecule has 0 radical (unpaired) electrons. The standard InChI is InChI=1S/C15H22N2O3S/c1-11(18)16-12(13-4-3-9-21-13)10-14(19)17-7-5-15(2,20)6-8-17/h3-4,9,12,20H,5-8,10H2,1-2H3,(H,16,18). The largest absolute Gasteiger partial charge is 0.390 e. The summed E-state index contributed by atoms with van der Waals surface area (Å²) in [7, 11) is 0. The Morgan fingerprint density at radius 2 is 2.14 bits per heavy atom. The lowest BCUT2D eigenvalue weighted by atomic mass is 9.93. The van der Waals surface area contributed by atoms with E-state index in [0.717, 1.165) is 4.88 Å². The van der Waals surface area contributed by atoms with Crippen LogP contribution in [0.2, 0.25) is 0 Å². The van der Waals surface area contributed by atoms with Gasteiger partial charge >= 0.3 is 0 Å². The lowest BCUT2D eigenvalue weighted by Gasteiger charge is -2.36. The molecule has 2 heterocycles. The van der Waals surface area contributed by atoms with Crippen molar-refractivity contribution in [1.82, 2.24) is 10.2 Å². The van der Waals surface area contributed by atoms with Crippen LogP contribution in [0, 0.1) is 0 Å². The molecule has 2 N–H and O–H groups in total. The van der Waals surface area contributed by atoms with Gasteiger partial charge in [-0.25, -0.2) is 0 Å². The molecule has 116 valence electrons. The van der Waals surface area contributed by atoms with Crippen LogP contribution in [0.3, 0.4) is 0 Å². The molecule has 6 heteroatoms. The van der Waals surface area contributed by atoms with Crippen LogP contribution in [0.15, 0.2) is 17.5 Å². The molecule has 1 unspecified atom stereocenters. The van der Waals surface area contributed by atoms with E-state index in [2.05, 4.69) is 5.32 Å². The predicted octanol–water partition coefficient (Wildman–Crippen LogP) is 1.69. The van der Waals surface area contributed by atoms with Gasteiger partial charge in [0.2, 0.25) is 11.8 Å². The zero-order valence-corrected chi connectivity index (χ0v) is 13.3. The fourth-order valence-corrected chi connectivity index (χ4v) is 3.28. The minimum atomic E-state index is -0.665. The Bertz CT molecular complexity index is 489. The second kappa shape index (κ2) is 6.58. The van der Waals surface area contributed by atoms with E-state index < -0.39 is 5.60 Å². The lowest BCUT2D eigenvalue weighted by molar-refractivity contribution is -0.135. The molecule has 2 amide bonds. The normalized spacial score (nSPS) is 19.1. The average molecular weight is 310 g/mol. The van der Waals surface area contributed by atoms with Crippen LogP contribution in [-0.4, -0.2) is 40.5 Å². The molecule has 1 aromatic heterocycles. The zero-order chi connectivity index (χ0) is 15.5. The fourth-order valence-electron chi connectivity index (χ4n) is 2.50. The number of rotatable bonds is 4. The number of carbonyl (C=O) groups excluding carboxylic acids is 2. The van der Waals surface area contributed by atoms with Crippen molar-refractivity contribution in [3.63, 3.8) is 0 Å². The smallest absolute Gasteiger partial charge is 0.225 e. The van der Waals surface area contributed by atoms with Gasteiger partial charge in [-0.05, 0) is 31.2 Å². The molecule has 1 fully saturated rings. The number of piperidine rings is 1. The van der Waals surface area contributed by atoms with Crippen molar-refractivity contribution in [2.75, 3.05) is 13.1 Å². The molecule has 0 saturated carbocycles. The number of nitrogens with zero attached hydrogens (tertiary/aromatic N) is 1. The Balaban J connectivity index is 1.97. The van der Waals surface area contributed by atoms with E-state index in [-0.39, 0.29) is 24.3 Å². The molecule has 1 saturated heterocycles. The number of nitrogens with one attached hydrogen (secondary N) is 1. The highest BCUT2D eigenvalue weighted by molar-refractivity contribution is 7.10. The Hall–Kier alpha value is -1.40. The maximum Gasteiger partial charge on any atom is 0.225 e. The summed E-state index contributed by atoms with van der Waals surface area (Å²) in [5, 5.41) is 14.7. The highest BCUT2D eigenvalue weighted by Crippen LogP contribution is 2.25. The third-order valence-electron chi connectivity index (χ3n) is 3.84. The van der Waals surface area contributed by atoms with Gasteiger partial charge in [-0.15, -0.1) is 11.3 Å². The molecular weight excluding hydrogens is 288 g/mol. The van der Waals surface area contributed by atoms with Crippen molar-refractivity contribution < 1.29 is 14.7 Å². The van der Waals surface area contributed by atoms with Crippen molar-refractivity contribution in [1.29, 1.82) is 0 Å². The van der Waals surface area contributed by atoms with Crippen molar-refractivity contribution in [3.05, 3.63) is 22.4 Å². The zero-order valence-electron chi connectivity index (χ0n) is 12.5. The number of hydrogen-bond donors (Lipinski definition) is 2. The molecule has 2 rings (SSSR count). The first kappa shape index (κ1) is 16.0. The Kier molecular flexibility index (Phi) is 5.00. The van der Waals surface area contributed by atoms with Gasteiger partial charge in [0.1, 0.15) is 0 Å². The molecule has 1 aromatic rings. The lowest BCUT2D eigenvalue weighted by Crippen LogP contribution is -2.46. The molecule has 1 aliphatic rings. The summed E-state index contributed by atoms with van der Waals surface area (Å²) in [5.74, 6) is -0.111. The summed E-state index contributed by atoms with van der Waals surface area (Å²) in [6.07, 6.45) is 1.47. The van der Waals surface area contributed by atoms with E-state index in [9.17, 15) is 14.7 Å². The van der Waals surface area contributed by atoms with E-state index in [0.29, 0.717) is 25.9 Å². The number of thiophene rings is 1. The quantitative estimate of drug-likeness (QED) is 0.889. The SMILES string of the molecule is CC(=O)NC(CC(=O)N1CCC(C)(O)CC1)c1cccs1. The van der Waals surface area contributed by atoms with Gasteiger partial charge in [-0.1, -0.05) is 6.07 Å². The van der Waals surface area contributed by atoms with E-state index in [1.54, 1.807) is 11.8 Å². The van der Waals surface area contributed by atoms with Gasteiger partial charge in [0.25, 0.3) is 0 Å². The van der Waals surface area contributed by atoms with Crippen LogP contribution in [0.4, 0.5) is 0 Å². The van der Waals surface area contributed by atoms with Gasteiger partial charge in [0.15, 0.2) is 0 Å². The second-order valence-electron chi connectivity index (χ2n) is 5.85. The van der Waals surface area contributed by atoms with Crippen LogP contribution >= 0.6 is 11.3 Å². The van der Waals surface area contributed by atoms with Gasteiger partial charge in [-0.2, -0.15) is 0 Å². The van der Waals surface area contributed by atoms with Crippen molar-refractivity contribution >= 4 is 23.2 Å². The molecule has 0 aromatic carbocycles. The third kappa shape index (κ3) is 4.54. The van der Waals surface area contributed by atoms with E-state index in [4.69, 9.17) is 0 Å². The van der Waals surface area contributed by atoms with Crippen LogP contribution in [-0.2, 0) is 9.59 Å². The molecule has 0 spiro atoms. The summed E-state index contributed by atoms with van der Waals surface area (Å²) < 4.78 is 0. The minimum absolute atomic E-state index is 0.0256. The van der Waals surface area contributed by atoms with Gasteiger partial charge in [0.05, 0.1) is 18.1 Å². The van der Waals surface area contributed by atoms with Crippen molar-refractivity contribution in [2.45, 2.75) is 44.8 Å². The first-order valence-corrected chi connectivity index (χ1v) is 8.06. The monoisotopic (exact) mass is 310 g/mol. The fraction of sp³-hybridized carbons (Fsp3) is 0.600. The number of likely N-dealkylation sites (tertiary alicyclic amines) is 1. The molecule has 1 atom stereocenters. The third-order valence-corrected chi connectivity index (χ3v) is 4.82. The molecule has 21 heavy (non-hydrogen) atoms. The van der Waals surface area contributed by atoms with Crippen molar-refractivity contribution in [3.8, 4) is 0 Å². The summed E-state index contributed by atoms with van der Waals surface area (Å²) in [6, 6.07) is 3.58. The van der Waals surface area contributed by atoms with Crippen LogP contribution in [0.5, 0.6) is 0 Å². The number of amides is 2. The van der Waals surface area contributed by atoms with E-state index in [1.807, 2.05) is 17.5 Å². The Morgan fingerprint density at radius 3 is 2.67 bits per heavy atom. The summed E-state index contributed by atoms with van der Waals surface area (Å²) in [5.41, 5.74) is -0.665. The van der Waals surface area contributed by atoms with E-state index in [1.165, 1.54) is 18.3 Å². The minimum Gasteiger partial charge on any atom is -0.390 e. The first-order valence-electron chi connectivity index (χ1n) is 7.18. The highest BCUT2D eigenvalue weighted by atomic mass is 32.1. The van der Waals surface area contributed by atoms with E-state index >= 15 is 0 Å². The maximum absolute atomic E-state index is 12.4. The molecule has 1 aliphatic heterocycles. The van der Waals surface area contributed by atoms with Crippen LogP contribution < -0.4 is 5.32 Å². The summed E-state index contributed by atoms with van der Waals surface area (Å²) in [4.78, 5) is 26.5. The Morgan fingerprint density at radius 1 is 1.48 bits per heavy atom.